The van der Waals surface area contributed by atoms with Crippen molar-refractivity contribution in [1.29, 1.82) is 0 Å². The van der Waals surface area contributed by atoms with Crippen LogP contribution in [-0.4, -0.2) is 36.9 Å². The van der Waals surface area contributed by atoms with E-state index in [-0.39, 0.29) is 6.61 Å². The lowest BCUT2D eigenvalue weighted by Gasteiger charge is -2.08. The van der Waals surface area contributed by atoms with E-state index >= 15 is 0 Å². The third-order valence-electron chi connectivity index (χ3n) is 0.877. The lowest BCUT2D eigenvalue weighted by molar-refractivity contribution is -0.0966. The average Bonchev–Trinajstić information content (AvgIpc) is 1.89. The number of ether oxygens (including phenoxy) is 1. The van der Waals surface area contributed by atoms with Gasteiger partial charge >= 0.3 is 0 Å². The summed E-state index contributed by atoms with van der Waals surface area (Å²) >= 11 is 0. The fourth-order valence-electron chi connectivity index (χ4n) is 0.388. The Kier molecular flexibility index (Phi) is 5.86. The predicted octanol–water partition coefficient (Wildman–Crippen LogP) is -1.12. The molecule has 56 valence electrons. The maximum absolute atomic E-state index is 8.67. The van der Waals surface area contributed by atoms with Gasteiger partial charge in [-0.15, -0.1) is 0 Å². The zero-order valence-corrected chi connectivity index (χ0v) is 5.50. The molecule has 0 aromatic heterocycles. The van der Waals surface area contributed by atoms with E-state index in [0.29, 0.717) is 13.0 Å². The van der Waals surface area contributed by atoms with Crippen LogP contribution in [0.15, 0.2) is 0 Å². The zero-order chi connectivity index (χ0) is 7.11. The van der Waals surface area contributed by atoms with Gasteiger partial charge in [0.25, 0.3) is 0 Å². The molecule has 0 fully saturated rings. The molecule has 0 aromatic carbocycles. The summed E-state index contributed by atoms with van der Waals surface area (Å²) in [6, 6.07) is 0. The van der Waals surface area contributed by atoms with E-state index in [2.05, 4.69) is 10.1 Å². The van der Waals surface area contributed by atoms with Gasteiger partial charge in [0, 0.05) is 20.3 Å². The fourth-order valence-corrected chi connectivity index (χ4v) is 0.388. The minimum absolute atomic E-state index is 0.128. The SMILES string of the molecule is COC(O)NCCCO. The van der Waals surface area contributed by atoms with Crippen molar-refractivity contribution in [2.45, 2.75) is 12.8 Å². The van der Waals surface area contributed by atoms with Crippen LogP contribution >= 0.6 is 0 Å². The minimum Gasteiger partial charge on any atom is -0.396 e. The first-order chi connectivity index (χ1) is 4.31. The van der Waals surface area contributed by atoms with Crippen LogP contribution in [0.4, 0.5) is 0 Å². The molecule has 0 heterocycles. The molecule has 0 aliphatic carbocycles. The van der Waals surface area contributed by atoms with Crippen LogP contribution in [-0.2, 0) is 4.74 Å². The molecule has 4 heteroatoms. The first-order valence-electron chi connectivity index (χ1n) is 2.86. The molecule has 0 saturated heterocycles. The van der Waals surface area contributed by atoms with E-state index < -0.39 is 6.41 Å². The molecule has 0 aromatic rings. The van der Waals surface area contributed by atoms with Crippen LogP contribution in [0.1, 0.15) is 6.42 Å². The number of methoxy groups -OCH3 is 1. The van der Waals surface area contributed by atoms with Crippen molar-refractivity contribution in [3.63, 3.8) is 0 Å². The van der Waals surface area contributed by atoms with Crippen LogP contribution in [0.25, 0.3) is 0 Å². The first-order valence-corrected chi connectivity index (χ1v) is 2.86. The summed E-state index contributed by atoms with van der Waals surface area (Å²) in [6.45, 7) is 0.689. The van der Waals surface area contributed by atoms with Crippen LogP contribution < -0.4 is 5.32 Å². The molecule has 0 rings (SSSR count). The maximum Gasteiger partial charge on any atom is 0.213 e. The van der Waals surface area contributed by atoms with Crippen molar-refractivity contribution in [1.82, 2.24) is 5.32 Å². The standard InChI is InChI=1S/C5H13NO3/c1-9-5(8)6-3-2-4-7/h5-8H,2-4H2,1H3. The number of rotatable bonds is 5. The summed E-state index contributed by atoms with van der Waals surface area (Å²) in [5.74, 6) is 0. The molecule has 0 aliphatic heterocycles. The molecule has 0 amide bonds. The Morgan fingerprint density at radius 1 is 1.67 bits per heavy atom. The molecule has 1 atom stereocenters. The van der Waals surface area contributed by atoms with E-state index in [1.54, 1.807) is 0 Å². The molecule has 1 unspecified atom stereocenters. The fraction of sp³-hybridized carbons (Fsp3) is 1.00. The van der Waals surface area contributed by atoms with Gasteiger partial charge in [0.1, 0.15) is 0 Å². The lowest BCUT2D eigenvalue weighted by atomic mass is 10.4. The van der Waals surface area contributed by atoms with Gasteiger partial charge in [0.15, 0.2) is 0 Å². The Hall–Kier alpha value is -0.160. The second-order valence-corrected chi connectivity index (χ2v) is 1.62. The summed E-state index contributed by atoms with van der Waals surface area (Å²) < 4.78 is 4.46. The second kappa shape index (κ2) is 5.97. The van der Waals surface area contributed by atoms with E-state index in [1.807, 2.05) is 0 Å². The number of aliphatic hydroxyl groups excluding tert-OH is 2. The number of nitrogens with one attached hydrogen (secondary N) is 1. The smallest absolute Gasteiger partial charge is 0.213 e. The Labute approximate surface area is 54.5 Å². The molecule has 9 heavy (non-hydrogen) atoms. The third kappa shape index (κ3) is 5.72. The molecular weight excluding hydrogens is 122 g/mol. The molecule has 0 bridgehead atoms. The van der Waals surface area contributed by atoms with Gasteiger partial charge in [-0.2, -0.15) is 0 Å². The molecule has 0 aliphatic rings. The van der Waals surface area contributed by atoms with Crippen molar-refractivity contribution in [2.24, 2.45) is 0 Å². The summed E-state index contributed by atoms with van der Waals surface area (Å²) in [5, 5.41) is 19.6. The highest BCUT2D eigenvalue weighted by Gasteiger charge is 1.95. The monoisotopic (exact) mass is 135 g/mol. The first kappa shape index (κ1) is 8.84. The van der Waals surface area contributed by atoms with Gasteiger partial charge in [0.05, 0.1) is 0 Å². The summed E-state index contributed by atoms with van der Waals surface area (Å²) in [6.07, 6.45) is -0.281. The molecule has 0 saturated carbocycles. The summed E-state index contributed by atoms with van der Waals surface area (Å²) in [5.41, 5.74) is 0. The van der Waals surface area contributed by atoms with Crippen molar-refractivity contribution in [3.8, 4) is 0 Å². The molecule has 4 nitrogen and oxygen atoms in total. The van der Waals surface area contributed by atoms with Gasteiger partial charge in [-0.05, 0) is 6.42 Å². The van der Waals surface area contributed by atoms with Crippen LogP contribution in [0.2, 0.25) is 0 Å². The van der Waals surface area contributed by atoms with E-state index in [4.69, 9.17) is 10.2 Å². The second-order valence-electron chi connectivity index (χ2n) is 1.62. The summed E-state index contributed by atoms with van der Waals surface area (Å²) in [7, 11) is 1.40. The van der Waals surface area contributed by atoms with Gasteiger partial charge < -0.3 is 14.9 Å². The molecule has 3 N–H and O–H groups in total. The van der Waals surface area contributed by atoms with Crippen LogP contribution in [0.3, 0.4) is 0 Å². The highest BCUT2D eigenvalue weighted by atomic mass is 16.6. The van der Waals surface area contributed by atoms with Gasteiger partial charge in [-0.25, -0.2) is 0 Å². The van der Waals surface area contributed by atoms with Gasteiger partial charge in [-0.3, -0.25) is 5.32 Å². The highest BCUT2D eigenvalue weighted by molar-refractivity contribution is 4.41. The Balaban J connectivity index is 2.88. The lowest BCUT2D eigenvalue weighted by Crippen LogP contribution is -2.31. The molecule has 0 spiro atoms. The van der Waals surface area contributed by atoms with Crippen molar-refractivity contribution in [2.75, 3.05) is 20.3 Å². The average molecular weight is 135 g/mol. The highest BCUT2D eigenvalue weighted by Crippen LogP contribution is 1.77. The normalized spacial score (nSPS) is 13.7. The van der Waals surface area contributed by atoms with Gasteiger partial charge in [0.2, 0.25) is 6.41 Å². The van der Waals surface area contributed by atoms with Crippen molar-refractivity contribution >= 4 is 0 Å². The van der Waals surface area contributed by atoms with Crippen molar-refractivity contribution in [3.05, 3.63) is 0 Å². The summed E-state index contributed by atoms with van der Waals surface area (Å²) in [4.78, 5) is 0. The van der Waals surface area contributed by atoms with E-state index in [0.717, 1.165) is 0 Å². The van der Waals surface area contributed by atoms with Crippen molar-refractivity contribution < 1.29 is 14.9 Å². The van der Waals surface area contributed by atoms with Crippen LogP contribution in [0.5, 0.6) is 0 Å². The minimum atomic E-state index is -0.906. The number of hydrogen-bond acceptors (Lipinski definition) is 4. The molecule has 0 radical (unpaired) electrons. The predicted molar refractivity (Wildman–Crippen MR) is 32.7 cm³/mol. The molecular formula is C5H13NO3. The Morgan fingerprint density at radius 3 is 2.78 bits per heavy atom. The third-order valence-corrected chi connectivity index (χ3v) is 0.877. The Bertz CT molecular complexity index is 60.2. The van der Waals surface area contributed by atoms with Gasteiger partial charge in [-0.1, -0.05) is 0 Å². The quantitative estimate of drug-likeness (QED) is 0.330. The topological polar surface area (TPSA) is 61.7 Å². The zero-order valence-electron chi connectivity index (χ0n) is 5.50. The number of aliphatic hydroxyl groups is 2. The van der Waals surface area contributed by atoms with E-state index in [9.17, 15) is 0 Å². The van der Waals surface area contributed by atoms with E-state index in [1.165, 1.54) is 7.11 Å². The Morgan fingerprint density at radius 2 is 2.33 bits per heavy atom. The number of hydrogen-bond donors (Lipinski definition) is 3. The van der Waals surface area contributed by atoms with Crippen LogP contribution in [0, 0.1) is 0 Å². The maximum atomic E-state index is 8.67. The largest absolute Gasteiger partial charge is 0.396 e.